The lowest BCUT2D eigenvalue weighted by Crippen LogP contribution is -2.27. The van der Waals surface area contributed by atoms with Crippen LogP contribution in [0, 0.1) is 0 Å². The first-order valence-corrected chi connectivity index (χ1v) is 12.0. The molecule has 0 aliphatic carbocycles. The van der Waals surface area contributed by atoms with E-state index in [1.165, 1.54) is 0 Å². The van der Waals surface area contributed by atoms with Gasteiger partial charge in [0, 0.05) is 30.3 Å². The van der Waals surface area contributed by atoms with Crippen molar-refractivity contribution in [2.45, 2.75) is 45.3 Å². The Bertz CT molecular complexity index is 1220. The molecule has 1 saturated heterocycles. The highest BCUT2D eigenvalue weighted by atomic mass is 16.6. The molecule has 1 aliphatic heterocycles. The topological polar surface area (TPSA) is 77.1 Å². The van der Waals surface area contributed by atoms with E-state index in [9.17, 15) is 9.59 Å². The molecule has 1 aliphatic rings. The van der Waals surface area contributed by atoms with Crippen LogP contribution >= 0.6 is 0 Å². The number of hydrogen-bond donors (Lipinski definition) is 1. The van der Waals surface area contributed by atoms with Crippen LogP contribution in [0.1, 0.15) is 44.2 Å². The first-order chi connectivity index (χ1) is 17.2. The fraction of sp³-hybridized carbons (Fsp3) is 0.310. The van der Waals surface area contributed by atoms with Gasteiger partial charge in [-0.15, -0.1) is 0 Å². The maximum Gasteiger partial charge on any atom is 0.412 e. The van der Waals surface area contributed by atoms with Gasteiger partial charge in [0.1, 0.15) is 12.2 Å². The quantitative estimate of drug-likeness (QED) is 0.432. The normalized spacial score (nSPS) is 15.5. The van der Waals surface area contributed by atoms with Gasteiger partial charge in [-0.2, -0.15) is 0 Å². The number of methoxy groups -OCH3 is 1. The summed E-state index contributed by atoms with van der Waals surface area (Å²) in [6.07, 6.45) is -0.152. The van der Waals surface area contributed by atoms with Crippen molar-refractivity contribution < 1.29 is 23.8 Å². The molecule has 0 spiro atoms. The van der Waals surface area contributed by atoms with Crippen molar-refractivity contribution in [2.24, 2.45) is 0 Å². The molecule has 0 saturated carbocycles. The minimum Gasteiger partial charge on any atom is -0.493 e. The monoisotopic (exact) mass is 488 g/mol. The second-order valence-corrected chi connectivity index (χ2v) is 9.77. The highest BCUT2D eigenvalue weighted by molar-refractivity contribution is 5.97. The molecule has 3 aromatic carbocycles. The van der Waals surface area contributed by atoms with E-state index >= 15 is 0 Å². The lowest BCUT2D eigenvalue weighted by molar-refractivity contribution is -0.117. The minimum atomic E-state index is -0.595. The van der Waals surface area contributed by atoms with Gasteiger partial charge in [0.2, 0.25) is 5.91 Å². The number of anilines is 2. The van der Waals surface area contributed by atoms with Gasteiger partial charge in [0.15, 0.2) is 11.5 Å². The third-order valence-corrected chi connectivity index (χ3v) is 5.82. The average molecular weight is 489 g/mol. The summed E-state index contributed by atoms with van der Waals surface area (Å²) < 4.78 is 16.9. The number of rotatable bonds is 7. The fourth-order valence-corrected chi connectivity index (χ4v) is 4.15. The molecule has 1 unspecified atom stereocenters. The highest BCUT2D eigenvalue weighted by Crippen LogP contribution is 2.37. The van der Waals surface area contributed by atoms with Crippen LogP contribution in [0.4, 0.5) is 16.2 Å². The van der Waals surface area contributed by atoms with Crippen molar-refractivity contribution in [3.05, 3.63) is 83.9 Å². The van der Waals surface area contributed by atoms with Crippen molar-refractivity contribution >= 4 is 23.4 Å². The van der Waals surface area contributed by atoms with E-state index in [4.69, 9.17) is 14.2 Å². The standard InChI is InChI=1S/C29H32N2O5/c1-29(2,3)36-28(33)30-23-11-8-12-24(17-23)31-18-22(16-27(31)32)21-13-14-25(34-4)26(15-21)35-19-20-9-6-5-7-10-20/h5-15,17,22H,16,18-19H2,1-4H3,(H,30,33). The lowest BCUT2D eigenvalue weighted by atomic mass is 9.98. The number of carbonyl (C=O) groups is 2. The molecule has 1 N–H and O–H groups in total. The Labute approximate surface area is 212 Å². The van der Waals surface area contributed by atoms with Crippen molar-refractivity contribution in [1.29, 1.82) is 0 Å². The van der Waals surface area contributed by atoms with E-state index in [1.54, 1.807) is 24.1 Å². The van der Waals surface area contributed by atoms with Gasteiger partial charge < -0.3 is 19.1 Å². The molecule has 0 bridgehead atoms. The van der Waals surface area contributed by atoms with E-state index in [2.05, 4.69) is 5.32 Å². The Kier molecular flexibility index (Phi) is 7.48. The molecule has 1 atom stereocenters. The van der Waals surface area contributed by atoms with Crippen LogP contribution in [0.5, 0.6) is 11.5 Å². The second kappa shape index (κ2) is 10.7. The summed E-state index contributed by atoms with van der Waals surface area (Å²) in [6, 6.07) is 23.0. The number of amides is 2. The average Bonchev–Trinajstić information content (AvgIpc) is 3.23. The zero-order valence-electron chi connectivity index (χ0n) is 21.1. The maximum absolute atomic E-state index is 13.0. The van der Waals surface area contributed by atoms with E-state index in [1.807, 2.05) is 81.4 Å². The molecule has 36 heavy (non-hydrogen) atoms. The Balaban J connectivity index is 1.47. The number of ether oxygens (including phenoxy) is 3. The van der Waals surface area contributed by atoms with Crippen LogP contribution in [-0.4, -0.2) is 31.3 Å². The number of benzene rings is 3. The molecular weight excluding hydrogens is 456 g/mol. The van der Waals surface area contributed by atoms with Crippen molar-refractivity contribution in [3.63, 3.8) is 0 Å². The zero-order chi connectivity index (χ0) is 25.7. The second-order valence-electron chi connectivity index (χ2n) is 9.77. The Morgan fingerprint density at radius 1 is 1.00 bits per heavy atom. The van der Waals surface area contributed by atoms with Crippen molar-refractivity contribution in [2.75, 3.05) is 23.9 Å². The van der Waals surface area contributed by atoms with Crippen LogP contribution in [-0.2, 0) is 16.1 Å². The summed E-state index contributed by atoms with van der Waals surface area (Å²) >= 11 is 0. The number of carbonyl (C=O) groups excluding carboxylic acids is 2. The summed E-state index contributed by atoms with van der Waals surface area (Å²) in [6.45, 7) is 6.38. The van der Waals surface area contributed by atoms with Crippen molar-refractivity contribution in [1.82, 2.24) is 0 Å². The van der Waals surface area contributed by atoms with E-state index < -0.39 is 11.7 Å². The Morgan fingerprint density at radius 2 is 1.78 bits per heavy atom. The molecule has 3 aromatic rings. The van der Waals surface area contributed by atoms with Gasteiger partial charge in [0.05, 0.1) is 7.11 Å². The van der Waals surface area contributed by atoms with E-state index in [0.717, 1.165) is 16.8 Å². The van der Waals surface area contributed by atoms with Crippen molar-refractivity contribution in [3.8, 4) is 11.5 Å². The summed E-state index contributed by atoms with van der Waals surface area (Å²) in [5.41, 5.74) is 2.77. The Hall–Kier alpha value is -4.00. The number of nitrogens with one attached hydrogen (secondary N) is 1. The van der Waals surface area contributed by atoms with E-state index in [-0.39, 0.29) is 11.8 Å². The molecule has 188 valence electrons. The Morgan fingerprint density at radius 3 is 2.50 bits per heavy atom. The van der Waals surface area contributed by atoms with Gasteiger partial charge in [-0.3, -0.25) is 10.1 Å². The van der Waals surface area contributed by atoms with Crippen LogP contribution in [0.25, 0.3) is 0 Å². The SMILES string of the molecule is COc1ccc(C2CC(=O)N(c3cccc(NC(=O)OC(C)(C)C)c3)C2)cc1OCc1ccccc1. The maximum atomic E-state index is 13.0. The van der Waals surface area contributed by atoms with Gasteiger partial charge in [-0.25, -0.2) is 4.79 Å². The number of hydrogen-bond acceptors (Lipinski definition) is 5. The molecule has 2 amide bonds. The summed E-state index contributed by atoms with van der Waals surface area (Å²) in [5.74, 6) is 1.33. The predicted molar refractivity (Wildman–Crippen MR) is 140 cm³/mol. The third-order valence-electron chi connectivity index (χ3n) is 5.82. The van der Waals surface area contributed by atoms with Gasteiger partial charge in [-0.05, 0) is 62.2 Å². The molecule has 4 rings (SSSR count). The lowest BCUT2D eigenvalue weighted by Gasteiger charge is -2.21. The summed E-state index contributed by atoms with van der Waals surface area (Å²) in [5, 5.41) is 2.74. The predicted octanol–water partition coefficient (Wildman–Crippen LogP) is 6.14. The van der Waals surface area contributed by atoms with Gasteiger partial charge in [-0.1, -0.05) is 42.5 Å². The summed E-state index contributed by atoms with van der Waals surface area (Å²) in [7, 11) is 1.61. The first-order valence-electron chi connectivity index (χ1n) is 12.0. The number of nitrogens with zero attached hydrogens (tertiary/aromatic N) is 1. The molecule has 7 heteroatoms. The largest absolute Gasteiger partial charge is 0.493 e. The van der Waals surface area contributed by atoms with Crippen LogP contribution in [0.2, 0.25) is 0 Å². The van der Waals surface area contributed by atoms with Crippen LogP contribution in [0.15, 0.2) is 72.8 Å². The zero-order valence-corrected chi connectivity index (χ0v) is 21.1. The third kappa shape index (κ3) is 6.36. The molecular formula is C29H32N2O5. The van der Waals surface area contributed by atoms with Gasteiger partial charge >= 0.3 is 6.09 Å². The summed E-state index contributed by atoms with van der Waals surface area (Å²) in [4.78, 5) is 26.9. The highest BCUT2D eigenvalue weighted by Gasteiger charge is 2.32. The smallest absolute Gasteiger partial charge is 0.412 e. The van der Waals surface area contributed by atoms with Gasteiger partial charge in [0.25, 0.3) is 0 Å². The van der Waals surface area contributed by atoms with Crippen LogP contribution < -0.4 is 19.7 Å². The molecule has 0 radical (unpaired) electrons. The molecule has 7 nitrogen and oxygen atoms in total. The van der Waals surface area contributed by atoms with E-state index in [0.29, 0.717) is 36.8 Å². The molecule has 0 aromatic heterocycles. The molecule has 1 fully saturated rings. The first kappa shape index (κ1) is 25.1. The fourth-order valence-electron chi connectivity index (χ4n) is 4.15. The minimum absolute atomic E-state index is 0.00459. The van der Waals surface area contributed by atoms with Crippen LogP contribution in [0.3, 0.4) is 0 Å². The molecule has 1 heterocycles.